The summed E-state index contributed by atoms with van der Waals surface area (Å²) in [5, 5.41) is 0. The molecule has 0 aromatic heterocycles. The minimum atomic E-state index is -0.365. The molecule has 2 saturated heterocycles. The van der Waals surface area contributed by atoms with Crippen LogP contribution < -0.4 is 5.48 Å². The van der Waals surface area contributed by atoms with Crippen molar-refractivity contribution in [3.05, 3.63) is 0 Å². The van der Waals surface area contributed by atoms with Gasteiger partial charge in [-0.1, -0.05) is 20.8 Å². The summed E-state index contributed by atoms with van der Waals surface area (Å²) in [6, 6.07) is 0. The van der Waals surface area contributed by atoms with Crippen molar-refractivity contribution in [1.29, 1.82) is 0 Å². The van der Waals surface area contributed by atoms with E-state index in [1.54, 1.807) is 0 Å². The van der Waals surface area contributed by atoms with Gasteiger partial charge in [0.1, 0.15) is 0 Å². The second kappa shape index (κ2) is 7.42. The summed E-state index contributed by atoms with van der Waals surface area (Å²) >= 11 is 0. The van der Waals surface area contributed by atoms with Crippen LogP contribution in [-0.2, 0) is 19.2 Å². The monoisotopic (exact) mass is 312 g/mol. The number of hydrogen-bond acceptors (Lipinski definition) is 4. The van der Waals surface area contributed by atoms with E-state index in [2.05, 4.69) is 5.48 Å². The Morgan fingerprint density at radius 1 is 1.14 bits per heavy atom. The summed E-state index contributed by atoms with van der Waals surface area (Å²) in [7, 11) is 0. The summed E-state index contributed by atoms with van der Waals surface area (Å²) in [4.78, 5) is 31.5. The number of likely N-dealkylation sites (tertiary alicyclic amines) is 1. The van der Waals surface area contributed by atoms with Gasteiger partial charge < -0.3 is 9.64 Å². The summed E-state index contributed by atoms with van der Waals surface area (Å²) in [6.07, 6.45) is 3.98. The SMILES string of the molecule is CC(C)(C)C(=O)N1CCC(C(=O)NOC2CCCCO2)CC1. The number of nitrogens with one attached hydrogen (secondary N) is 1. The number of rotatable bonds is 3. The Balaban J connectivity index is 1.71. The van der Waals surface area contributed by atoms with E-state index >= 15 is 0 Å². The predicted octanol–water partition coefficient (Wildman–Crippen LogP) is 1.85. The van der Waals surface area contributed by atoms with E-state index in [0.29, 0.717) is 32.5 Å². The van der Waals surface area contributed by atoms with Crippen LogP contribution in [0.3, 0.4) is 0 Å². The molecule has 2 aliphatic rings. The Morgan fingerprint density at radius 2 is 1.82 bits per heavy atom. The Hall–Kier alpha value is -1.14. The van der Waals surface area contributed by atoms with Crippen LogP contribution in [-0.4, -0.2) is 42.7 Å². The second-order valence-corrected chi connectivity index (χ2v) is 7.20. The van der Waals surface area contributed by atoms with Crippen LogP contribution in [0, 0.1) is 11.3 Å². The van der Waals surface area contributed by atoms with Crippen molar-refractivity contribution in [3.63, 3.8) is 0 Å². The van der Waals surface area contributed by atoms with Crippen LogP contribution in [0.2, 0.25) is 0 Å². The zero-order chi connectivity index (χ0) is 16.2. The van der Waals surface area contributed by atoms with Gasteiger partial charge in [-0.25, -0.2) is 10.3 Å². The smallest absolute Gasteiger partial charge is 0.246 e. The first-order valence-electron chi connectivity index (χ1n) is 8.24. The van der Waals surface area contributed by atoms with Crippen molar-refractivity contribution >= 4 is 11.8 Å². The summed E-state index contributed by atoms with van der Waals surface area (Å²) < 4.78 is 5.41. The largest absolute Gasteiger partial charge is 0.350 e. The molecule has 2 rings (SSSR count). The molecule has 2 aliphatic heterocycles. The molecular weight excluding hydrogens is 284 g/mol. The van der Waals surface area contributed by atoms with Gasteiger partial charge in [0.2, 0.25) is 11.8 Å². The molecule has 2 fully saturated rings. The quantitative estimate of drug-likeness (QED) is 0.808. The van der Waals surface area contributed by atoms with Crippen LogP contribution in [0.15, 0.2) is 0 Å². The number of piperidine rings is 1. The van der Waals surface area contributed by atoms with Gasteiger partial charge in [0.25, 0.3) is 0 Å². The standard InChI is InChI=1S/C16H28N2O4/c1-16(2,3)15(20)18-9-7-12(8-10-18)14(19)17-22-13-6-4-5-11-21-13/h12-13H,4-11H2,1-3H3,(H,17,19). The lowest BCUT2D eigenvalue weighted by molar-refractivity contribution is -0.202. The molecule has 0 aromatic rings. The maximum absolute atomic E-state index is 12.2. The fourth-order valence-electron chi connectivity index (χ4n) is 2.83. The summed E-state index contributed by atoms with van der Waals surface area (Å²) in [6.45, 7) is 7.72. The normalized spacial score (nSPS) is 24.1. The average molecular weight is 312 g/mol. The Kier molecular flexibility index (Phi) is 5.81. The number of hydroxylamine groups is 1. The first-order chi connectivity index (χ1) is 10.4. The fraction of sp³-hybridized carbons (Fsp3) is 0.875. The van der Waals surface area contributed by atoms with Crippen LogP contribution >= 0.6 is 0 Å². The lowest BCUT2D eigenvalue weighted by Crippen LogP contribution is -2.47. The number of ether oxygens (including phenoxy) is 1. The molecular formula is C16H28N2O4. The minimum Gasteiger partial charge on any atom is -0.350 e. The van der Waals surface area contributed by atoms with E-state index in [0.717, 1.165) is 19.3 Å². The molecule has 0 saturated carbocycles. The minimum absolute atomic E-state index is 0.0902. The maximum Gasteiger partial charge on any atom is 0.246 e. The molecule has 2 amide bonds. The molecule has 6 heteroatoms. The molecule has 0 radical (unpaired) electrons. The molecule has 22 heavy (non-hydrogen) atoms. The van der Waals surface area contributed by atoms with Crippen molar-refractivity contribution in [2.75, 3.05) is 19.7 Å². The van der Waals surface area contributed by atoms with E-state index in [1.165, 1.54) is 0 Å². The summed E-state index contributed by atoms with van der Waals surface area (Å²) in [5.41, 5.74) is 2.16. The second-order valence-electron chi connectivity index (χ2n) is 7.20. The highest BCUT2D eigenvalue weighted by Crippen LogP contribution is 2.23. The van der Waals surface area contributed by atoms with Gasteiger partial charge in [-0.2, -0.15) is 0 Å². The number of carbonyl (C=O) groups is 2. The topological polar surface area (TPSA) is 67.9 Å². The summed E-state index contributed by atoms with van der Waals surface area (Å²) in [5.74, 6) is -0.0390. The van der Waals surface area contributed by atoms with Crippen molar-refractivity contribution < 1.29 is 19.2 Å². The van der Waals surface area contributed by atoms with Gasteiger partial charge in [0, 0.05) is 37.5 Å². The number of amides is 2. The number of nitrogens with zero attached hydrogens (tertiary/aromatic N) is 1. The average Bonchev–Trinajstić information content (AvgIpc) is 2.52. The maximum atomic E-state index is 12.2. The van der Waals surface area contributed by atoms with E-state index in [4.69, 9.17) is 9.57 Å². The molecule has 126 valence electrons. The fourth-order valence-corrected chi connectivity index (χ4v) is 2.83. The molecule has 0 aliphatic carbocycles. The highest BCUT2D eigenvalue weighted by Gasteiger charge is 2.32. The highest BCUT2D eigenvalue weighted by atomic mass is 16.8. The van der Waals surface area contributed by atoms with E-state index in [9.17, 15) is 9.59 Å². The molecule has 0 spiro atoms. The Bertz CT molecular complexity index is 391. The van der Waals surface area contributed by atoms with Crippen molar-refractivity contribution in [3.8, 4) is 0 Å². The van der Waals surface area contributed by atoms with E-state index < -0.39 is 0 Å². The van der Waals surface area contributed by atoms with Gasteiger partial charge in [0.05, 0.1) is 0 Å². The lowest BCUT2D eigenvalue weighted by atomic mass is 9.91. The number of carbonyl (C=O) groups excluding carboxylic acids is 2. The molecule has 1 atom stereocenters. The highest BCUT2D eigenvalue weighted by molar-refractivity contribution is 5.82. The third kappa shape index (κ3) is 4.68. The molecule has 0 aromatic carbocycles. The van der Waals surface area contributed by atoms with Crippen LogP contribution in [0.4, 0.5) is 0 Å². The van der Waals surface area contributed by atoms with Gasteiger partial charge in [-0.3, -0.25) is 9.59 Å². The molecule has 6 nitrogen and oxygen atoms in total. The lowest BCUT2D eigenvalue weighted by Gasteiger charge is -2.35. The molecule has 1 unspecified atom stereocenters. The Morgan fingerprint density at radius 3 is 2.36 bits per heavy atom. The van der Waals surface area contributed by atoms with Gasteiger partial charge >= 0.3 is 0 Å². The first-order valence-corrected chi connectivity index (χ1v) is 8.24. The third-order valence-corrected chi connectivity index (χ3v) is 4.22. The molecule has 1 N–H and O–H groups in total. The zero-order valence-electron chi connectivity index (χ0n) is 13.9. The van der Waals surface area contributed by atoms with Crippen LogP contribution in [0.25, 0.3) is 0 Å². The Labute approximate surface area is 132 Å². The van der Waals surface area contributed by atoms with E-state index in [1.807, 2.05) is 25.7 Å². The van der Waals surface area contributed by atoms with Crippen molar-refractivity contribution in [2.45, 2.75) is 59.2 Å². The zero-order valence-corrected chi connectivity index (χ0v) is 13.9. The molecule has 2 heterocycles. The van der Waals surface area contributed by atoms with Gasteiger partial charge in [0.15, 0.2) is 6.29 Å². The number of hydrogen-bond donors (Lipinski definition) is 1. The predicted molar refractivity (Wildman–Crippen MR) is 81.6 cm³/mol. The van der Waals surface area contributed by atoms with Crippen molar-refractivity contribution in [1.82, 2.24) is 10.4 Å². The van der Waals surface area contributed by atoms with Crippen LogP contribution in [0.1, 0.15) is 52.9 Å². The first kappa shape index (κ1) is 17.2. The van der Waals surface area contributed by atoms with Crippen LogP contribution in [0.5, 0.6) is 0 Å². The van der Waals surface area contributed by atoms with Crippen molar-refractivity contribution in [2.24, 2.45) is 11.3 Å². The van der Waals surface area contributed by atoms with E-state index in [-0.39, 0.29) is 29.4 Å². The molecule has 0 bridgehead atoms. The van der Waals surface area contributed by atoms with Gasteiger partial charge in [-0.05, 0) is 25.7 Å². The van der Waals surface area contributed by atoms with Gasteiger partial charge in [-0.15, -0.1) is 0 Å². The third-order valence-electron chi connectivity index (χ3n) is 4.22.